The average Bonchev–Trinajstić information content (AvgIpc) is 2.82. The molecule has 1 aliphatic heterocycles. The number of pyridine rings is 1. The largest absolute Gasteiger partial charge is 0.478 e. The summed E-state index contributed by atoms with van der Waals surface area (Å²) in [5, 5.41) is 8.97. The van der Waals surface area contributed by atoms with Gasteiger partial charge < -0.3 is 5.11 Å². The van der Waals surface area contributed by atoms with Gasteiger partial charge in [0.25, 0.3) is 0 Å². The molecule has 1 aromatic heterocycles. The van der Waals surface area contributed by atoms with Gasteiger partial charge in [0.2, 0.25) is 11.8 Å². The van der Waals surface area contributed by atoms with Crippen molar-refractivity contribution in [1.29, 1.82) is 0 Å². The highest BCUT2D eigenvalue weighted by Gasteiger charge is 2.43. The predicted octanol–water partition coefficient (Wildman–Crippen LogP) is 2.33. The zero-order chi connectivity index (χ0) is 16.4. The maximum atomic E-state index is 12.6. The fourth-order valence-corrected chi connectivity index (χ4v) is 4.15. The van der Waals surface area contributed by atoms with Crippen molar-refractivity contribution >= 4 is 29.5 Å². The summed E-state index contributed by atoms with van der Waals surface area (Å²) in [6.07, 6.45) is 6.58. The molecule has 122 valence electrons. The van der Waals surface area contributed by atoms with E-state index in [0.29, 0.717) is 5.03 Å². The molecule has 1 aliphatic carbocycles. The number of likely N-dealkylation sites (tertiary alicyclic amines) is 1. The molecule has 2 heterocycles. The number of carboxylic acid groups (broad SMARTS) is 1. The second-order valence-corrected chi connectivity index (χ2v) is 7.12. The summed E-state index contributed by atoms with van der Waals surface area (Å²) in [6.45, 7) is 0. The normalized spacial score (nSPS) is 22.6. The molecule has 2 fully saturated rings. The number of imide groups is 1. The number of nitrogens with zero attached hydrogens (tertiary/aromatic N) is 2. The molecule has 2 aliphatic rings. The summed E-state index contributed by atoms with van der Waals surface area (Å²) in [7, 11) is 0. The molecule has 23 heavy (non-hydrogen) atoms. The SMILES string of the molecule is O=C(O)c1ccc(SC2CC(=O)N(C3CCCCC3)C2=O)nc1. The van der Waals surface area contributed by atoms with Gasteiger partial charge in [-0.25, -0.2) is 9.78 Å². The molecular formula is C16H18N2O4S. The van der Waals surface area contributed by atoms with E-state index in [1.165, 1.54) is 35.3 Å². The lowest BCUT2D eigenvalue weighted by molar-refractivity contribution is -0.141. The number of aromatic nitrogens is 1. The van der Waals surface area contributed by atoms with E-state index in [-0.39, 0.29) is 29.8 Å². The van der Waals surface area contributed by atoms with Gasteiger partial charge in [0.15, 0.2) is 0 Å². The number of carbonyl (C=O) groups is 3. The predicted molar refractivity (Wildman–Crippen MR) is 84.2 cm³/mol. The minimum absolute atomic E-state index is 0.0525. The molecule has 3 rings (SSSR count). The Labute approximate surface area is 138 Å². The van der Waals surface area contributed by atoms with Crippen molar-refractivity contribution in [2.24, 2.45) is 0 Å². The Morgan fingerprint density at radius 1 is 1.22 bits per heavy atom. The first kappa shape index (κ1) is 16.0. The lowest BCUT2D eigenvalue weighted by Crippen LogP contribution is -2.41. The number of hydrogen-bond acceptors (Lipinski definition) is 5. The van der Waals surface area contributed by atoms with Crippen LogP contribution in [0.2, 0.25) is 0 Å². The summed E-state index contributed by atoms with van der Waals surface area (Å²) in [4.78, 5) is 41.1. The second-order valence-electron chi connectivity index (χ2n) is 5.89. The van der Waals surface area contributed by atoms with E-state index >= 15 is 0 Å². The first-order valence-electron chi connectivity index (χ1n) is 7.78. The van der Waals surface area contributed by atoms with Crippen LogP contribution in [-0.2, 0) is 9.59 Å². The average molecular weight is 334 g/mol. The van der Waals surface area contributed by atoms with Crippen LogP contribution in [0.4, 0.5) is 0 Å². The Balaban J connectivity index is 1.68. The standard InChI is InChI=1S/C16H18N2O4S/c19-14-8-12(15(20)18(14)11-4-2-1-3-5-11)23-13-7-6-10(9-17-13)16(21)22/h6-7,9,11-12H,1-5,8H2,(H,21,22). The van der Waals surface area contributed by atoms with Gasteiger partial charge in [0, 0.05) is 18.7 Å². The number of rotatable bonds is 4. The Kier molecular flexibility index (Phi) is 4.66. The summed E-state index contributed by atoms with van der Waals surface area (Å²) < 4.78 is 0. The van der Waals surface area contributed by atoms with E-state index in [0.717, 1.165) is 25.7 Å². The molecule has 6 nitrogen and oxygen atoms in total. The molecule has 1 saturated heterocycles. The highest BCUT2D eigenvalue weighted by atomic mass is 32.2. The van der Waals surface area contributed by atoms with Crippen LogP contribution >= 0.6 is 11.8 Å². The van der Waals surface area contributed by atoms with Crippen LogP contribution in [0.3, 0.4) is 0 Å². The van der Waals surface area contributed by atoms with Crippen LogP contribution in [0.25, 0.3) is 0 Å². The Bertz CT molecular complexity index is 625. The van der Waals surface area contributed by atoms with Gasteiger partial charge in [0.05, 0.1) is 15.8 Å². The number of carboxylic acids is 1. The minimum atomic E-state index is -1.04. The monoisotopic (exact) mass is 334 g/mol. The molecule has 0 radical (unpaired) electrons. The first-order chi connectivity index (χ1) is 11.1. The topological polar surface area (TPSA) is 87.6 Å². The lowest BCUT2D eigenvalue weighted by atomic mass is 9.94. The molecule has 7 heteroatoms. The van der Waals surface area contributed by atoms with Gasteiger partial charge in [-0.15, -0.1) is 0 Å². The Hall–Kier alpha value is -1.89. The third-order valence-electron chi connectivity index (χ3n) is 4.33. The molecule has 0 bridgehead atoms. The number of aromatic carboxylic acids is 1. The quantitative estimate of drug-likeness (QED) is 0.850. The van der Waals surface area contributed by atoms with Crippen LogP contribution in [0, 0.1) is 0 Å². The zero-order valence-corrected chi connectivity index (χ0v) is 13.4. The van der Waals surface area contributed by atoms with Crippen LogP contribution in [-0.4, -0.2) is 44.1 Å². The lowest BCUT2D eigenvalue weighted by Gasteiger charge is -2.29. The van der Waals surface area contributed by atoms with Gasteiger partial charge in [-0.2, -0.15) is 0 Å². The number of carbonyl (C=O) groups excluding carboxylic acids is 2. The van der Waals surface area contributed by atoms with Crippen molar-refractivity contribution in [3.63, 3.8) is 0 Å². The highest BCUT2D eigenvalue weighted by molar-refractivity contribution is 8.00. The Morgan fingerprint density at radius 2 is 1.96 bits per heavy atom. The maximum absolute atomic E-state index is 12.6. The van der Waals surface area contributed by atoms with Crippen LogP contribution < -0.4 is 0 Å². The molecule has 1 N–H and O–H groups in total. The van der Waals surface area contributed by atoms with Gasteiger partial charge in [-0.05, 0) is 25.0 Å². The minimum Gasteiger partial charge on any atom is -0.478 e. The summed E-state index contributed by atoms with van der Waals surface area (Å²) in [5.74, 6) is -1.26. The third-order valence-corrected chi connectivity index (χ3v) is 5.46. The molecule has 1 saturated carbocycles. The molecule has 1 unspecified atom stereocenters. The highest BCUT2D eigenvalue weighted by Crippen LogP contribution is 2.34. The number of thioether (sulfide) groups is 1. The van der Waals surface area contributed by atoms with E-state index in [4.69, 9.17) is 5.11 Å². The van der Waals surface area contributed by atoms with E-state index < -0.39 is 11.2 Å². The molecule has 0 aromatic carbocycles. The van der Waals surface area contributed by atoms with Gasteiger partial charge >= 0.3 is 5.97 Å². The smallest absolute Gasteiger partial charge is 0.337 e. The van der Waals surface area contributed by atoms with Crippen LogP contribution in [0.5, 0.6) is 0 Å². The summed E-state index contributed by atoms with van der Waals surface area (Å²) in [5.41, 5.74) is 0.104. The third kappa shape index (κ3) is 3.39. The van der Waals surface area contributed by atoms with Crippen molar-refractivity contribution in [2.75, 3.05) is 0 Å². The van der Waals surface area contributed by atoms with Crippen molar-refractivity contribution in [2.45, 2.75) is 54.8 Å². The Morgan fingerprint density at radius 3 is 2.57 bits per heavy atom. The molecule has 2 amide bonds. The zero-order valence-electron chi connectivity index (χ0n) is 12.6. The van der Waals surface area contributed by atoms with Gasteiger partial charge in [-0.1, -0.05) is 31.0 Å². The molecule has 0 spiro atoms. The summed E-state index contributed by atoms with van der Waals surface area (Å²) >= 11 is 1.24. The van der Waals surface area contributed by atoms with Crippen molar-refractivity contribution in [3.8, 4) is 0 Å². The van der Waals surface area contributed by atoms with Crippen molar-refractivity contribution in [1.82, 2.24) is 9.88 Å². The summed E-state index contributed by atoms with van der Waals surface area (Å²) in [6, 6.07) is 3.09. The first-order valence-corrected chi connectivity index (χ1v) is 8.66. The van der Waals surface area contributed by atoms with Gasteiger partial charge in [-0.3, -0.25) is 14.5 Å². The van der Waals surface area contributed by atoms with Gasteiger partial charge in [0.1, 0.15) is 0 Å². The molecular weight excluding hydrogens is 316 g/mol. The van der Waals surface area contributed by atoms with E-state index in [1.54, 1.807) is 6.07 Å². The molecule has 1 aromatic rings. The van der Waals surface area contributed by atoms with Crippen molar-refractivity contribution < 1.29 is 19.5 Å². The van der Waals surface area contributed by atoms with E-state index in [2.05, 4.69) is 4.98 Å². The van der Waals surface area contributed by atoms with Crippen molar-refractivity contribution in [3.05, 3.63) is 23.9 Å². The fourth-order valence-electron chi connectivity index (χ4n) is 3.16. The number of amides is 2. The number of hydrogen-bond donors (Lipinski definition) is 1. The fraction of sp³-hybridized carbons (Fsp3) is 0.500. The van der Waals surface area contributed by atoms with E-state index in [1.807, 2.05) is 0 Å². The van der Waals surface area contributed by atoms with E-state index in [9.17, 15) is 14.4 Å². The molecule has 1 atom stereocenters. The second kappa shape index (κ2) is 6.70. The maximum Gasteiger partial charge on any atom is 0.337 e. The van der Waals surface area contributed by atoms with Crippen LogP contribution in [0.1, 0.15) is 48.9 Å². The van der Waals surface area contributed by atoms with Crippen LogP contribution in [0.15, 0.2) is 23.4 Å².